The molecule has 20 heavy (non-hydrogen) atoms. The molecular formula is C15H17NO4. The van der Waals surface area contributed by atoms with Gasteiger partial charge in [-0.15, -0.1) is 6.58 Å². The van der Waals surface area contributed by atoms with E-state index < -0.39 is 12.1 Å². The third kappa shape index (κ3) is 2.99. The molecule has 1 aromatic rings. The number of para-hydroxylation sites is 2. The van der Waals surface area contributed by atoms with E-state index in [1.807, 2.05) is 6.07 Å². The summed E-state index contributed by atoms with van der Waals surface area (Å²) in [5.41, 5.74) is 0.697. The van der Waals surface area contributed by atoms with Crippen LogP contribution in [0.2, 0.25) is 0 Å². The predicted octanol–water partition coefficient (Wildman–Crippen LogP) is 2.22. The summed E-state index contributed by atoms with van der Waals surface area (Å²) >= 11 is 0. The van der Waals surface area contributed by atoms with Gasteiger partial charge >= 0.3 is 5.97 Å². The number of unbranched alkanes of at least 4 members (excludes halogenated alkanes) is 1. The quantitative estimate of drug-likeness (QED) is 0.638. The number of amides is 1. The van der Waals surface area contributed by atoms with Crippen molar-refractivity contribution in [3.8, 4) is 5.75 Å². The highest BCUT2D eigenvalue weighted by molar-refractivity contribution is 6.01. The van der Waals surface area contributed by atoms with Crippen LogP contribution in [-0.4, -0.2) is 29.6 Å². The molecule has 0 saturated heterocycles. The maximum Gasteiger partial charge on any atom is 0.307 e. The topological polar surface area (TPSA) is 66.8 Å². The fourth-order valence-corrected chi connectivity index (χ4v) is 2.19. The van der Waals surface area contributed by atoms with Crippen molar-refractivity contribution in [3.05, 3.63) is 36.9 Å². The second-order valence-electron chi connectivity index (χ2n) is 4.59. The van der Waals surface area contributed by atoms with Gasteiger partial charge in [-0.3, -0.25) is 9.59 Å². The van der Waals surface area contributed by atoms with Crippen LogP contribution in [0.25, 0.3) is 0 Å². The molecule has 1 aliphatic rings. The molecule has 1 amide bonds. The van der Waals surface area contributed by atoms with E-state index in [4.69, 9.17) is 9.84 Å². The molecule has 5 nitrogen and oxygen atoms in total. The molecule has 0 spiro atoms. The summed E-state index contributed by atoms with van der Waals surface area (Å²) in [5.74, 6) is -0.791. The van der Waals surface area contributed by atoms with Gasteiger partial charge in [-0.25, -0.2) is 0 Å². The van der Waals surface area contributed by atoms with Crippen LogP contribution in [0.5, 0.6) is 5.75 Å². The average molecular weight is 275 g/mol. The SMILES string of the molecule is C=CCCCN1C(=O)[C@H](CC(=O)O)Oc2ccccc21. The van der Waals surface area contributed by atoms with E-state index in [0.29, 0.717) is 18.0 Å². The highest BCUT2D eigenvalue weighted by atomic mass is 16.5. The zero-order chi connectivity index (χ0) is 14.5. The fourth-order valence-electron chi connectivity index (χ4n) is 2.19. The molecule has 0 saturated carbocycles. The van der Waals surface area contributed by atoms with Gasteiger partial charge in [0.25, 0.3) is 5.91 Å². The van der Waals surface area contributed by atoms with Crippen molar-refractivity contribution < 1.29 is 19.4 Å². The summed E-state index contributed by atoms with van der Waals surface area (Å²) < 4.78 is 5.50. The number of fused-ring (bicyclic) bond motifs is 1. The van der Waals surface area contributed by atoms with E-state index in [9.17, 15) is 9.59 Å². The second kappa shape index (κ2) is 6.23. The van der Waals surface area contributed by atoms with E-state index in [0.717, 1.165) is 12.8 Å². The lowest BCUT2D eigenvalue weighted by Crippen LogP contribution is -2.47. The van der Waals surface area contributed by atoms with Gasteiger partial charge in [-0.2, -0.15) is 0 Å². The number of rotatable bonds is 6. The van der Waals surface area contributed by atoms with Crippen molar-refractivity contribution in [2.45, 2.75) is 25.4 Å². The number of carbonyl (C=O) groups is 2. The van der Waals surface area contributed by atoms with Gasteiger partial charge in [0.2, 0.25) is 0 Å². The number of ether oxygens (including phenoxy) is 1. The third-order valence-corrected chi connectivity index (χ3v) is 3.12. The van der Waals surface area contributed by atoms with Crippen molar-refractivity contribution in [1.29, 1.82) is 0 Å². The first-order valence-electron chi connectivity index (χ1n) is 6.53. The van der Waals surface area contributed by atoms with Crippen LogP contribution >= 0.6 is 0 Å². The molecule has 1 heterocycles. The summed E-state index contributed by atoms with van der Waals surface area (Å²) in [6, 6.07) is 7.18. The predicted molar refractivity (Wildman–Crippen MR) is 74.9 cm³/mol. The first kappa shape index (κ1) is 14.1. The lowest BCUT2D eigenvalue weighted by molar-refractivity contribution is -0.142. The Hall–Kier alpha value is -2.30. The summed E-state index contributed by atoms with van der Waals surface area (Å²) in [5, 5.41) is 8.87. The monoisotopic (exact) mass is 275 g/mol. The first-order chi connectivity index (χ1) is 9.63. The molecule has 1 atom stereocenters. The normalized spacial score (nSPS) is 17.3. The van der Waals surface area contributed by atoms with Gasteiger partial charge in [-0.05, 0) is 25.0 Å². The number of benzene rings is 1. The Morgan fingerprint density at radius 3 is 2.90 bits per heavy atom. The van der Waals surface area contributed by atoms with Crippen LogP contribution in [0, 0.1) is 0 Å². The van der Waals surface area contributed by atoms with Gasteiger partial charge in [0, 0.05) is 6.54 Å². The molecular weight excluding hydrogens is 258 g/mol. The van der Waals surface area contributed by atoms with Gasteiger partial charge < -0.3 is 14.7 Å². The number of carbonyl (C=O) groups excluding carboxylic acids is 1. The van der Waals surface area contributed by atoms with Gasteiger partial charge in [0.05, 0.1) is 12.1 Å². The lowest BCUT2D eigenvalue weighted by Gasteiger charge is -2.33. The van der Waals surface area contributed by atoms with Gasteiger partial charge in [-0.1, -0.05) is 18.2 Å². The number of carboxylic acid groups (broad SMARTS) is 1. The number of nitrogens with zero attached hydrogens (tertiary/aromatic N) is 1. The fraction of sp³-hybridized carbons (Fsp3) is 0.333. The Labute approximate surface area is 117 Å². The van der Waals surface area contributed by atoms with Gasteiger partial charge in [0.15, 0.2) is 6.10 Å². The molecule has 106 valence electrons. The zero-order valence-electron chi connectivity index (χ0n) is 11.1. The second-order valence-corrected chi connectivity index (χ2v) is 4.59. The Morgan fingerprint density at radius 1 is 1.45 bits per heavy atom. The molecule has 1 N–H and O–H groups in total. The molecule has 1 aliphatic heterocycles. The maximum absolute atomic E-state index is 12.3. The third-order valence-electron chi connectivity index (χ3n) is 3.12. The summed E-state index contributed by atoms with van der Waals surface area (Å²) in [7, 11) is 0. The summed E-state index contributed by atoms with van der Waals surface area (Å²) in [4.78, 5) is 24.8. The highest BCUT2D eigenvalue weighted by Crippen LogP contribution is 2.34. The smallest absolute Gasteiger partial charge is 0.307 e. The molecule has 5 heteroatoms. The Kier molecular flexibility index (Phi) is 4.40. The van der Waals surface area contributed by atoms with E-state index in [2.05, 4.69) is 6.58 Å². The van der Waals surface area contributed by atoms with E-state index in [1.54, 1.807) is 29.2 Å². The minimum absolute atomic E-state index is 0.296. The van der Waals surface area contributed by atoms with Crippen LogP contribution in [0.4, 0.5) is 5.69 Å². The minimum atomic E-state index is -1.05. The lowest BCUT2D eigenvalue weighted by atomic mass is 10.1. The van der Waals surface area contributed by atoms with E-state index >= 15 is 0 Å². The van der Waals surface area contributed by atoms with Crippen LogP contribution < -0.4 is 9.64 Å². The maximum atomic E-state index is 12.3. The van der Waals surface area contributed by atoms with Crippen molar-refractivity contribution in [2.24, 2.45) is 0 Å². The first-order valence-corrected chi connectivity index (χ1v) is 6.53. The number of hydrogen-bond acceptors (Lipinski definition) is 3. The van der Waals surface area contributed by atoms with E-state index in [1.165, 1.54) is 0 Å². The zero-order valence-corrected chi connectivity index (χ0v) is 11.1. The van der Waals surface area contributed by atoms with Crippen molar-refractivity contribution in [3.63, 3.8) is 0 Å². The number of carboxylic acids is 1. The minimum Gasteiger partial charge on any atom is -0.481 e. The summed E-state index contributed by atoms with van der Waals surface area (Å²) in [6.45, 7) is 4.18. The Bertz CT molecular complexity index is 526. The van der Waals surface area contributed by atoms with Crippen LogP contribution in [-0.2, 0) is 9.59 Å². The Balaban J connectivity index is 2.24. The van der Waals surface area contributed by atoms with Crippen molar-refractivity contribution in [1.82, 2.24) is 0 Å². The molecule has 2 rings (SSSR count). The van der Waals surface area contributed by atoms with Crippen molar-refractivity contribution >= 4 is 17.6 Å². The molecule has 0 aromatic heterocycles. The standard InChI is InChI=1S/C15H17NO4/c1-2-3-6-9-16-11-7-4-5-8-12(11)20-13(15(16)19)10-14(17)18/h2,4-5,7-8,13H,1,3,6,9-10H2,(H,17,18)/t13-/m0/s1. The van der Waals surface area contributed by atoms with Crippen LogP contribution in [0.3, 0.4) is 0 Å². The molecule has 0 unspecified atom stereocenters. The molecule has 0 aliphatic carbocycles. The largest absolute Gasteiger partial charge is 0.481 e. The summed E-state index contributed by atoms with van der Waals surface area (Å²) in [6.07, 6.45) is 2.10. The molecule has 1 aromatic carbocycles. The van der Waals surface area contributed by atoms with Gasteiger partial charge in [0.1, 0.15) is 5.75 Å². The Morgan fingerprint density at radius 2 is 2.20 bits per heavy atom. The van der Waals surface area contributed by atoms with E-state index in [-0.39, 0.29) is 12.3 Å². The number of anilines is 1. The molecule has 0 bridgehead atoms. The van der Waals surface area contributed by atoms with Crippen LogP contribution in [0.15, 0.2) is 36.9 Å². The molecule has 0 radical (unpaired) electrons. The number of hydrogen-bond donors (Lipinski definition) is 1. The van der Waals surface area contributed by atoms with Crippen LogP contribution in [0.1, 0.15) is 19.3 Å². The number of allylic oxidation sites excluding steroid dienone is 1. The highest BCUT2D eigenvalue weighted by Gasteiger charge is 2.35. The number of aliphatic carboxylic acids is 1. The van der Waals surface area contributed by atoms with Crippen molar-refractivity contribution in [2.75, 3.05) is 11.4 Å². The average Bonchev–Trinajstić information content (AvgIpc) is 2.42. The molecule has 0 fully saturated rings.